The smallest absolute Gasteiger partial charge is 0.255 e. The topological polar surface area (TPSA) is 73.6 Å². The van der Waals surface area contributed by atoms with Gasteiger partial charge in [0, 0.05) is 11.6 Å². The van der Waals surface area contributed by atoms with Gasteiger partial charge in [0.25, 0.3) is 5.91 Å². The molecule has 3 N–H and O–H groups in total. The summed E-state index contributed by atoms with van der Waals surface area (Å²) in [5, 5.41) is 2.75. The molecule has 0 radical (unpaired) electrons. The summed E-state index contributed by atoms with van der Waals surface area (Å²) in [6, 6.07) is 11.9. The van der Waals surface area contributed by atoms with Gasteiger partial charge in [0.05, 0.1) is 25.6 Å². The first-order chi connectivity index (χ1) is 9.63. The minimum atomic E-state index is -0.243. The van der Waals surface area contributed by atoms with Crippen molar-refractivity contribution in [1.82, 2.24) is 0 Å². The van der Waals surface area contributed by atoms with Crippen molar-refractivity contribution >= 4 is 17.3 Å². The predicted octanol–water partition coefficient (Wildman–Crippen LogP) is 2.54. The molecule has 0 aromatic heterocycles. The third-order valence-corrected chi connectivity index (χ3v) is 2.86. The molecule has 2 aromatic carbocycles. The van der Waals surface area contributed by atoms with Crippen molar-refractivity contribution < 1.29 is 14.3 Å². The molecule has 0 bridgehead atoms. The summed E-state index contributed by atoms with van der Waals surface area (Å²) in [5.41, 5.74) is 7.35. The third kappa shape index (κ3) is 3.00. The molecule has 5 nitrogen and oxygen atoms in total. The van der Waals surface area contributed by atoms with Crippen LogP contribution in [-0.2, 0) is 0 Å². The first-order valence-corrected chi connectivity index (χ1v) is 6.03. The first-order valence-electron chi connectivity index (χ1n) is 6.03. The monoisotopic (exact) mass is 272 g/mol. The van der Waals surface area contributed by atoms with Crippen LogP contribution in [0, 0.1) is 0 Å². The summed E-state index contributed by atoms with van der Waals surface area (Å²) in [5.74, 6) is 1.08. The summed E-state index contributed by atoms with van der Waals surface area (Å²) in [4.78, 5) is 12.1. The van der Waals surface area contributed by atoms with E-state index in [0.717, 1.165) is 0 Å². The highest BCUT2D eigenvalue weighted by Crippen LogP contribution is 2.25. The fraction of sp³-hybridized carbons (Fsp3) is 0.133. The largest absolute Gasteiger partial charge is 0.497 e. The van der Waals surface area contributed by atoms with Crippen LogP contribution in [-0.4, -0.2) is 20.1 Å². The van der Waals surface area contributed by atoms with Crippen molar-refractivity contribution in [1.29, 1.82) is 0 Å². The zero-order valence-corrected chi connectivity index (χ0v) is 11.3. The molecule has 2 aromatic rings. The number of methoxy groups -OCH3 is 2. The highest BCUT2D eigenvalue weighted by molar-refractivity contribution is 6.05. The number of benzene rings is 2. The molecule has 0 aliphatic carbocycles. The van der Waals surface area contributed by atoms with E-state index < -0.39 is 0 Å². The standard InChI is InChI=1S/C15H16N2O3/c1-19-11-5-3-10(4-6-11)15(18)17-14-9-12(20-2)7-8-13(14)16/h3-9H,16H2,1-2H3,(H,17,18). The Hall–Kier alpha value is -2.69. The number of rotatable bonds is 4. The summed E-state index contributed by atoms with van der Waals surface area (Å²) in [6.07, 6.45) is 0. The lowest BCUT2D eigenvalue weighted by Gasteiger charge is -2.10. The maximum Gasteiger partial charge on any atom is 0.255 e. The molecule has 0 spiro atoms. The van der Waals surface area contributed by atoms with Gasteiger partial charge in [-0.15, -0.1) is 0 Å². The van der Waals surface area contributed by atoms with Gasteiger partial charge in [0.2, 0.25) is 0 Å². The Balaban J connectivity index is 2.18. The number of carbonyl (C=O) groups excluding carboxylic acids is 1. The Morgan fingerprint density at radius 2 is 1.60 bits per heavy atom. The lowest BCUT2D eigenvalue weighted by atomic mass is 10.2. The number of ether oxygens (including phenoxy) is 2. The Labute approximate surface area is 117 Å². The van der Waals surface area contributed by atoms with Gasteiger partial charge >= 0.3 is 0 Å². The SMILES string of the molecule is COc1ccc(C(=O)Nc2cc(OC)ccc2N)cc1. The number of amides is 1. The Morgan fingerprint density at radius 1 is 1.00 bits per heavy atom. The van der Waals surface area contributed by atoms with Gasteiger partial charge in [0.15, 0.2) is 0 Å². The Morgan fingerprint density at radius 3 is 2.20 bits per heavy atom. The van der Waals surface area contributed by atoms with E-state index in [0.29, 0.717) is 28.4 Å². The van der Waals surface area contributed by atoms with E-state index in [9.17, 15) is 4.79 Å². The van der Waals surface area contributed by atoms with Gasteiger partial charge in [-0.25, -0.2) is 0 Å². The van der Waals surface area contributed by atoms with Crippen LogP contribution in [0.2, 0.25) is 0 Å². The maximum absolute atomic E-state index is 12.1. The molecule has 20 heavy (non-hydrogen) atoms. The first kappa shape index (κ1) is 13.7. The quantitative estimate of drug-likeness (QED) is 0.839. The maximum atomic E-state index is 12.1. The fourth-order valence-electron chi connectivity index (χ4n) is 1.71. The van der Waals surface area contributed by atoms with Gasteiger partial charge in [-0.2, -0.15) is 0 Å². The number of carbonyl (C=O) groups is 1. The van der Waals surface area contributed by atoms with Crippen molar-refractivity contribution in [2.45, 2.75) is 0 Å². The Bertz CT molecular complexity index is 609. The van der Waals surface area contributed by atoms with E-state index in [1.165, 1.54) is 0 Å². The van der Waals surface area contributed by atoms with Gasteiger partial charge in [-0.1, -0.05) is 0 Å². The highest BCUT2D eigenvalue weighted by Gasteiger charge is 2.09. The zero-order chi connectivity index (χ0) is 14.5. The van der Waals surface area contributed by atoms with Crippen LogP contribution in [0.15, 0.2) is 42.5 Å². The average molecular weight is 272 g/mol. The van der Waals surface area contributed by atoms with Gasteiger partial charge in [-0.05, 0) is 36.4 Å². The molecule has 0 aliphatic rings. The van der Waals surface area contributed by atoms with E-state index in [2.05, 4.69) is 5.32 Å². The third-order valence-electron chi connectivity index (χ3n) is 2.86. The second-order valence-corrected chi connectivity index (χ2v) is 4.14. The van der Waals surface area contributed by atoms with E-state index >= 15 is 0 Å². The molecule has 0 unspecified atom stereocenters. The van der Waals surface area contributed by atoms with Crippen molar-refractivity contribution in [3.05, 3.63) is 48.0 Å². The average Bonchev–Trinajstić information content (AvgIpc) is 2.49. The number of anilines is 2. The second kappa shape index (κ2) is 5.97. The normalized spacial score (nSPS) is 9.90. The molecule has 0 fully saturated rings. The predicted molar refractivity (Wildman–Crippen MR) is 78.4 cm³/mol. The molecule has 0 saturated heterocycles. The highest BCUT2D eigenvalue weighted by atomic mass is 16.5. The van der Waals surface area contributed by atoms with Crippen molar-refractivity contribution in [2.24, 2.45) is 0 Å². The van der Waals surface area contributed by atoms with Crippen LogP contribution >= 0.6 is 0 Å². The van der Waals surface area contributed by atoms with Gasteiger partial charge in [-0.3, -0.25) is 4.79 Å². The number of nitrogens with two attached hydrogens (primary N) is 1. The fourth-order valence-corrected chi connectivity index (χ4v) is 1.71. The summed E-state index contributed by atoms with van der Waals surface area (Å²) in [7, 11) is 3.13. The van der Waals surface area contributed by atoms with Crippen LogP contribution in [0.5, 0.6) is 11.5 Å². The molecule has 104 valence electrons. The number of nitrogens with one attached hydrogen (secondary N) is 1. The van der Waals surface area contributed by atoms with E-state index in [1.54, 1.807) is 56.7 Å². The number of hydrogen-bond donors (Lipinski definition) is 2. The number of hydrogen-bond acceptors (Lipinski definition) is 4. The van der Waals surface area contributed by atoms with Crippen LogP contribution in [0.3, 0.4) is 0 Å². The second-order valence-electron chi connectivity index (χ2n) is 4.14. The van der Waals surface area contributed by atoms with Crippen LogP contribution in [0.1, 0.15) is 10.4 Å². The van der Waals surface area contributed by atoms with Crippen LogP contribution in [0.4, 0.5) is 11.4 Å². The molecule has 5 heteroatoms. The molecule has 2 rings (SSSR count). The molecule has 0 heterocycles. The zero-order valence-electron chi connectivity index (χ0n) is 11.3. The van der Waals surface area contributed by atoms with Crippen LogP contribution in [0.25, 0.3) is 0 Å². The number of nitrogen functional groups attached to an aromatic ring is 1. The molecule has 1 amide bonds. The van der Waals surface area contributed by atoms with Crippen molar-refractivity contribution in [2.75, 3.05) is 25.3 Å². The summed E-state index contributed by atoms with van der Waals surface area (Å²) in [6.45, 7) is 0. The van der Waals surface area contributed by atoms with Crippen LogP contribution < -0.4 is 20.5 Å². The molecule has 0 saturated carbocycles. The van der Waals surface area contributed by atoms with Gasteiger partial charge in [0.1, 0.15) is 11.5 Å². The lowest BCUT2D eigenvalue weighted by molar-refractivity contribution is 0.102. The lowest BCUT2D eigenvalue weighted by Crippen LogP contribution is -2.13. The minimum absolute atomic E-state index is 0.243. The van der Waals surface area contributed by atoms with Crippen molar-refractivity contribution in [3.63, 3.8) is 0 Å². The molecular formula is C15H16N2O3. The van der Waals surface area contributed by atoms with E-state index in [-0.39, 0.29) is 5.91 Å². The molecule has 0 atom stereocenters. The van der Waals surface area contributed by atoms with Crippen molar-refractivity contribution in [3.8, 4) is 11.5 Å². The molecule has 0 aliphatic heterocycles. The minimum Gasteiger partial charge on any atom is -0.497 e. The molecular weight excluding hydrogens is 256 g/mol. The summed E-state index contributed by atoms with van der Waals surface area (Å²) >= 11 is 0. The van der Waals surface area contributed by atoms with E-state index in [1.807, 2.05) is 0 Å². The summed E-state index contributed by atoms with van der Waals surface area (Å²) < 4.78 is 10.2. The van der Waals surface area contributed by atoms with E-state index in [4.69, 9.17) is 15.2 Å². The Kier molecular flexibility index (Phi) is 4.10. The van der Waals surface area contributed by atoms with Gasteiger partial charge < -0.3 is 20.5 Å².